The summed E-state index contributed by atoms with van der Waals surface area (Å²) in [5.41, 5.74) is 4.68. The molecule has 0 unspecified atom stereocenters. The maximum Gasteiger partial charge on any atom is 0.419 e. The number of carbonyl (C=O) groups is 5. The van der Waals surface area contributed by atoms with Crippen molar-refractivity contribution in [2.75, 3.05) is 77.9 Å². The van der Waals surface area contributed by atoms with Crippen LogP contribution in [0.2, 0.25) is 0 Å². The number of anilines is 1. The summed E-state index contributed by atoms with van der Waals surface area (Å²) in [5, 5.41) is 3.03. The zero-order valence-electron chi connectivity index (χ0n) is 37.2. The van der Waals surface area contributed by atoms with Crippen molar-refractivity contribution in [3.05, 3.63) is 63.6 Å². The van der Waals surface area contributed by atoms with Gasteiger partial charge in [-0.1, -0.05) is 64.8 Å². The van der Waals surface area contributed by atoms with Crippen molar-refractivity contribution in [3.8, 4) is 0 Å². The van der Waals surface area contributed by atoms with Gasteiger partial charge in [0.15, 0.2) is 11.7 Å². The minimum atomic E-state index is -1.02. The minimum Gasteiger partial charge on any atom is -0.459 e. The van der Waals surface area contributed by atoms with Gasteiger partial charge in [-0.25, -0.2) is 19.2 Å². The highest BCUT2D eigenvalue weighted by Crippen LogP contribution is 2.26. The molecule has 3 aromatic rings. The molecule has 0 bridgehead atoms. The molecular weight excluding hydrogens is 807 g/mol. The molecule has 1 aromatic heterocycles. The largest absolute Gasteiger partial charge is 0.459 e. The van der Waals surface area contributed by atoms with E-state index >= 15 is 0 Å². The number of hydrogen-bond donors (Lipinski definition) is 1. The number of esters is 1. The average Bonchev–Trinajstić information content (AvgIpc) is 3.44. The second-order valence-electron chi connectivity index (χ2n) is 17.3. The lowest BCUT2D eigenvalue weighted by molar-refractivity contribution is -0.161. The maximum atomic E-state index is 13.7. The molecule has 2 aromatic carbocycles. The molecule has 1 N–H and O–H groups in total. The third kappa shape index (κ3) is 12.6. The Kier molecular flexibility index (Phi) is 17.6. The Bertz CT molecular complexity index is 2090. The van der Waals surface area contributed by atoms with Crippen LogP contribution in [0.25, 0.3) is 11.1 Å². The number of likely N-dealkylation sites (N-methyl/N-ethyl adjacent to an activating group) is 1. The molecule has 0 saturated carbocycles. The van der Waals surface area contributed by atoms with Gasteiger partial charge in [0.2, 0.25) is 0 Å². The number of oxazole rings is 1. The van der Waals surface area contributed by atoms with Gasteiger partial charge < -0.3 is 43.7 Å². The van der Waals surface area contributed by atoms with Crippen LogP contribution in [0.15, 0.2) is 45.6 Å². The maximum absolute atomic E-state index is 13.7. The average molecular weight is 876 g/mol. The fourth-order valence-corrected chi connectivity index (χ4v) is 8.71. The topological polar surface area (TPSA) is 167 Å². The summed E-state index contributed by atoms with van der Waals surface area (Å²) < 4.78 is 17.8. The van der Waals surface area contributed by atoms with Gasteiger partial charge in [-0.15, -0.1) is 0 Å². The first kappa shape index (κ1) is 48.6. The molecular formula is C47H69N7O9. The number of ether oxygens (including phenoxy) is 2. The van der Waals surface area contributed by atoms with Crippen LogP contribution in [0.4, 0.5) is 15.3 Å². The van der Waals surface area contributed by atoms with Crippen molar-refractivity contribution in [2.24, 2.45) is 13.0 Å². The van der Waals surface area contributed by atoms with Crippen LogP contribution in [-0.2, 0) is 43.7 Å². The highest BCUT2D eigenvalue weighted by Gasteiger charge is 2.35. The first-order chi connectivity index (χ1) is 29.8. The highest BCUT2D eigenvalue weighted by molar-refractivity contribution is 6.32. The molecule has 0 radical (unpaired) electrons. The number of nitrogens with one attached hydrogen (secondary N) is 1. The predicted molar refractivity (Wildman–Crippen MR) is 242 cm³/mol. The quantitative estimate of drug-likeness (QED) is 0.149. The number of likely N-dealkylation sites (tertiary alicyclic amines) is 2. The molecule has 5 amide bonds. The zero-order chi connectivity index (χ0) is 44.3. The third-order valence-electron chi connectivity index (χ3n) is 12.7. The van der Waals surface area contributed by atoms with E-state index in [9.17, 15) is 28.8 Å². The molecule has 0 aliphatic carbocycles. The smallest absolute Gasteiger partial charge is 0.419 e. The standard InChI is InChI=1S/C32H40N6O6.C14H25NO3.CH4/c1-21-18-22(19-26-28(21)35(3)31(41)43-26)20-27(29(39)36-16-14-34(2)15-17-36)44-32(42)37-11-9-24(10-12-37)38-13-8-23-6-4-5-7-25(23)33-30(38)40;1-3-4-5-6-11-18-14(17)13(16)15-9-7-12(2)8-10-15;/h4-7,18-19,24,27H,8-17,20H2,1-3H3,(H,33,40);12H,3-11H2,1-2H3;1H4/t27-;;/m1../s1. The van der Waals surface area contributed by atoms with Gasteiger partial charge in [-0.3, -0.25) is 14.2 Å². The van der Waals surface area contributed by atoms with Crippen LogP contribution in [0.1, 0.15) is 89.3 Å². The zero-order valence-corrected chi connectivity index (χ0v) is 37.2. The van der Waals surface area contributed by atoms with Gasteiger partial charge in [-0.2, -0.15) is 0 Å². The molecule has 0 spiro atoms. The Balaban J connectivity index is 0.000000333. The van der Waals surface area contributed by atoms with Crippen molar-refractivity contribution in [1.29, 1.82) is 0 Å². The van der Waals surface area contributed by atoms with E-state index in [0.717, 1.165) is 80.4 Å². The minimum absolute atomic E-state index is 0. The van der Waals surface area contributed by atoms with Gasteiger partial charge in [0.1, 0.15) is 0 Å². The summed E-state index contributed by atoms with van der Waals surface area (Å²) in [7, 11) is 3.67. The summed E-state index contributed by atoms with van der Waals surface area (Å²) in [4.78, 5) is 84.7. The van der Waals surface area contributed by atoms with Gasteiger partial charge >= 0.3 is 29.8 Å². The molecule has 63 heavy (non-hydrogen) atoms. The molecule has 4 aliphatic heterocycles. The fourth-order valence-electron chi connectivity index (χ4n) is 8.71. The predicted octanol–water partition coefficient (Wildman–Crippen LogP) is 5.82. The second-order valence-corrected chi connectivity index (χ2v) is 17.3. The molecule has 4 aliphatic rings. The first-order valence-corrected chi connectivity index (χ1v) is 22.5. The molecule has 16 nitrogen and oxygen atoms in total. The number of para-hydroxylation sites is 1. The van der Waals surface area contributed by atoms with Crippen LogP contribution < -0.4 is 11.1 Å². The van der Waals surface area contributed by atoms with Crippen LogP contribution >= 0.6 is 0 Å². The van der Waals surface area contributed by atoms with Crippen molar-refractivity contribution in [1.82, 2.24) is 29.1 Å². The van der Waals surface area contributed by atoms with E-state index in [0.29, 0.717) is 82.3 Å². The number of amides is 5. The van der Waals surface area contributed by atoms with Crippen LogP contribution in [0.5, 0.6) is 0 Å². The number of urea groups is 1. The normalized spacial score (nSPS) is 18.0. The Morgan fingerprint density at radius 1 is 0.841 bits per heavy atom. The second kappa shape index (κ2) is 22.8. The number of aromatic nitrogens is 1. The SMILES string of the molecule is C.CCCCCCOC(=O)C(=O)N1CCC(C)CC1.Cc1cc(C[C@@H](OC(=O)N2CCC(N3CCc4ccccc4NC3=O)CC2)C(=O)N2CCN(C)CC2)cc2oc(=O)n(C)c12. The van der Waals surface area contributed by atoms with E-state index in [2.05, 4.69) is 24.1 Å². The number of piperidine rings is 2. The number of hydrogen-bond acceptors (Lipinski definition) is 10. The fraction of sp³-hybridized carbons (Fsp3) is 0.617. The monoisotopic (exact) mass is 876 g/mol. The summed E-state index contributed by atoms with van der Waals surface area (Å²) in [6, 6.07) is 11.4. The van der Waals surface area contributed by atoms with Crippen molar-refractivity contribution >= 4 is 46.7 Å². The molecule has 346 valence electrons. The number of nitrogens with zero attached hydrogens (tertiary/aromatic N) is 6. The number of benzene rings is 2. The van der Waals surface area contributed by atoms with E-state index in [1.165, 1.54) is 4.57 Å². The Labute approximate surface area is 371 Å². The molecule has 5 heterocycles. The number of piperazine rings is 1. The number of rotatable bonds is 10. The Hall–Kier alpha value is -5.38. The lowest BCUT2D eigenvalue weighted by Gasteiger charge is -2.38. The van der Waals surface area contributed by atoms with Crippen LogP contribution in [0, 0.1) is 12.8 Å². The lowest BCUT2D eigenvalue weighted by atomic mass is 9.99. The van der Waals surface area contributed by atoms with Gasteiger partial charge in [-0.05, 0) is 87.2 Å². The summed E-state index contributed by atoms with van der Waals surface area (Å²) >= 11 is 0. The van der Waals surface area contributed by atoms with Crippen molar-refractivity contribution < 1.29 is 37.9 Å². The van der Waals surface area contributed by atoms with Gasteiger partial charge in [0.25, 0.3) is 5.91 Å². The number of unbranched alkanes of at least 4 members (excludes halogenated alkanes) is 3. The van der Waals surface area contributed by atoms with E-state index < -0.39 is 29.8 Å². The third-order valence-corrected chi connectivity index (χ3v) is 12.7. The number of aryl methyl sites for hydroxylation is 2. The summed E-state index contributed by atoms with van der Waals surface area (Å²) in [5.74, 6) is -1.17. The van der Waals surface area contributed by atoms with Gasteiger partial charge in [0.05, 0.1) is 12.1 Å². The Morgan fingerprint density at radius 3 is 2.22 bits per heavy atom. The molecule has 1 atom stereocenters. The first-order valence-electron chi connectivity index (χ1n) is 22.5. The van der Waals surface area contributed by atoms with E-state index in [4.69, 9.17) is 13.9 Å². The van der Waals surface area contributed by atoms with Crippen molar-refractivity contribution in [2.45, 2.75) is 105 Å². The summed E-state index contributed by atoms with van der Waals surface area (Å²) in [6.45, 7) is 12.0. The number of fused-ring (bicyclic) bond motifs is 2. The van der Waals surface area contributed by atoms with Crippen LogP contribution in [-0.4, -0.2) is 144 Å². The summed E-state index contributed by atoms with van der Waals surface area (Å²) in [6.07, 6.45) is 6.79. The highest BCUT2D eigenvalue weighted by atomic mass is 16.6. The van der Waals surface area contributed by atoms with Crippen LogP contribution in [0.3, 0.4) is 0 Å². The van der Waals surface area contributed by atoms with Gasteiger partial charge in [0, 0.05) is 84.1 Å². The van der Waals surface area contributed by atoms with Crippen molar-refractivity contribution in [3.63, 3.8) is 0 Å². The molecule has 7 rings (SSSR count). The molecule has 3 fully saturated rings. The van der Waals surface area contributed by atoms with E-state index in [1.807, 2.05) is 49.2 Å². The molecule has 3 saturated heterocycles. The Morgan fingerprint density at radius 2 is 1.52 bits per heavy atom. The van der Waals surface area contributed by atoms with E-state index in [-0.39, 0.29) is 31.8 Å². The lowest BCUT2D eigenvalue weighted by Crippen LogP contribution is -2.53. The van der Waals surface area contributed by atoms with E-state index in [1.54, 1.807) is 27.8 Å². The number of carbonyl (C=O) groups excluding carboxylic acids is 5. The molecule has 16 heteroatoms.